The highest BCUT2D eigenvalue weighted by molar-refractivity contribution is 9.10. The van der Waals surface area contributed by atoms with Gasteiger partial charge in [-0.1, -0.05) is 50.6 Å². The number of carbonyl (C=O) groups excluding carboxylic acids is 4. The Morgan fingerprint density at radius 2 is 1.56 bits per heavy atom. The Balaban J connectivity index is 0.656. The molecule has 442 valence electrons. The molecule has 20 nitrogen and oxygen atoms in total. The fourth-order valence-corrected chi connectivity index (χ4v) is 11.1. The molecule has 0 unspecified atom stereocenters. The van der Waals surface area contributed by atoms with E-state index in [1.54, 1.807) is 22.7 Å². The van der Waals surface area contributed by atoms with Gasteiger partial charge >= 0.3 is 0 Å². The topological polar surface area (TPSA) is 228 Å². The van der Waals surface area contributed by atoms with Crippen molar-refractivity contribution >= 4 is 68.3 Å². The van der Waals surface area contributed by atoms with E-state index in [1.807, 2.05) is 93.4 Å². The summed E-state index contributed by atoms with van der Waals surface area (Å²) in [6, 6.07) is 19.0. The minimum Gasteiger partial charge on any atom is -0.491 e. The molecule has 82 heavy (non-hydrogen) atoms. The minimum absolute atomic E-state index is 0.000228. The third-order valence-corrected chi connectivity index (χ3v) is 16.2. The molecule has 5 aromatic rings. The second-order valence-corrected chi connectivity index (χ2v) is 22.8. The number of benzene rings is 3. The van der Waals surface area contributed by atoms with Gasteiger partial charge in [-0.25, -0.2) is 9.97 Å². The number of thiazole rings is 1. The van der Waals surface area contributed by atoms with Gasteiger partial charge in [-0.15, -0.1) is 11.3 Å². The standard InChI is InChI=1S/C60H78BrN9O11S/c1-40(2)53(70-37-45-11-5-6-14-49(45)58(70)74)59(75)69-38-47(71)34-51(69)56(72)63-35-44-16-15-43(54-41(3)65-39-82-54)33-52(44)81-32-30-79-28-26-77-24-8-7-23-76-25-27-78-29-31-80-48-19-17-46(18-20-48)66-60-64-36-50(61)55(67-60)62-21-10-22-68(4)57(73)42-12-9-13-42/h5-6,11,14-20,33,36,39-40,42,47,51,53,71H,7-10,12-13,21-32,34-35,37-38H2,1-4H3,(H,63,72)(H2,62,64,66,67)/t47-,51+,53+/m1/s1. The number of rotatable bonds is 34. The fourth-order valence-electron chi connectivity index (χ4n) is 10.0. The average Bonchev–Trinajstić information content (AvgIpc) is 4.12. The number of hydrogen-bond donors (Lipinski definition) is 4. The van der Waals surface area contributed by atoms with Crippen molar-refractivity contribution in [2.45, 2.75) is 97.0 Å². The molecule has 4 heterocycles. The van der Waals surface area contributed by atoms with Crippen LogP contribution >= 0.6 is 27.3 Å². The Hall–Kier alpha value is -6.27. The SMILES string of the molecule is Cc1ncsc1-c1ccc(CNC(=O)[C@@H]2C[C@@H](O)CN2C(=O)[C@H](C(C)C)N2Cc3ccccc3C2=O)c(OCCOCCOCCCCOCCOCCOc2ccc(Nc3ncc(Br)c(NCCCN(C)C(=O)C4CCC4)n3)cc2)c1. The third kappa shape index (κ3) is 17.4. The number of nitrogens with zero attached hydrogens (tertiary/aromatic N) is 6. The first-order valence-electron chi connectivity index (χ1n) is 28.5. The zero-order valence-corrected chi connectivity index (χ0v) is 49.9. The van der Waals surface area contributed by atoms with Crippen LogP contribution in [0.4, 0.5) is 17.5 Å². The molecule has 0 spiro atoms. The maximum atomic E-state index is 14.3. The number of aliphatic hydroxyl groups excluding tert-OH is 1. The van der Waals surface area contributed by atoms with Crippen molar-refractivity contribution in [3.63, 3.8) is 0 Å². The van der Waals surface area contributed by atoms with E-state index < -0.39 is 24.1 Å². The number of halogens is 1. The number of aromatic nitrogens is 3. The van der Waals surface area contributed by atoms with Crippen molar-refractivity contribution in [2.75, 3.05) is 103 Å². The van der Waals surface area contributed by atoms with Crippen LogP contribution in [0.2, 0.25) is 0 Å². The van der Waals surface area contributed by atoms with Crippen LogP contribution in [0.25, 0.3) is 10.4 Å². The molecule has 4 N–H and O–H groups in total. The lowest BCUT2D eigenvalue weighted by atomic mass is 9.84. The fraction of sp³-hybridized carbons (Fsp3) is 0.517. The predicted octanol–water partition coefficient (Wildman–Crippen LogP) is 8.04. The maximum Gasteiger partial charge on any atom is 0.255 e. The molecule has 3 atom stereocenters. The Kier molecular flexibility index (Phi) is 23.7. The molecular weight excluding hydrogens is 1130 g/mol. The van der Waals surface area contributed by atoms with Gasteiger partial charge in [0.1, 0.15) is 42.6 Å². The van der Waals surface area contributed by atoms with Crippen LogP contribution in [0, 0.1) is 18.8 Å². The van der Waals surface area contributed by atoms with Crippen molar-refractivity contribution in [3.05, 3.63) is 105 Å². The number of amides is 4. The largest absolute Gasteiger partial charge is 0.491 e. The lowest BCUT2D eigenvalue weighted by Gasteiger charge is -2.35. The number of likely N-dealkylation sites (tertiary alicyclic amines) is 1. The molecule has 8 rings (SSSR count). The van der Waals surface area contributed by atoms with Crippen molar-refractivity contribution < 1.29 is 52.7 Å². The number of fused-ring (bicyclic) bond motifs is 1. The number of β-amino-alcohol motifs (C(OH)–C–C–N with tert-alkyl or cyclic N) is 1. The molecule has 2 aromatic heterocycles. The number of aliphatic hydroxyl groups is 1. The summed E-state index contributed by atoms with van der Waals surface area (Å²) in [6.45, 7) is 11.9. The molecule has 2 aliphatic heterocycles. The van der Waals surface area contributed by atoms with Crippen LogP contribution in [0.1, 0.15) is 86.0 Å². The van der Waals surface area contributed by atoms with Crippen LogP contribution in [0.15, 0.2) is 82.9 Å². The minimum atomic E-state index is -0.909. The van der Waals surface area contributed by atoms with Gasteiger partial charge in [-0.05, 0) is 108 Å². The van der Waals surface area contributed by atoms with Gasteiger partial charge in [0.25, 0.3) is 5.91 Å². The molecule has 3 aromatic carbocycles. The van der Waals surface area contributed by atoms with Crippen molar-refractivity contribution in [3.8, 4) is 21.9 Å². The van der Waals surface area contributed by atoms with E-state index in [1.165, 1.54) is 16.2 Å². The first-order valence-corrected chi connectivity index (χ1v) is 30.2. The molecule has 0 radical (unpaired) electrons. The van der Waals surface area contributed by atoms with E-state index in [9.17, 15) is 24.3 Å². The van der Waals surface area contributed by atoms with Gasteiger partial charge < -0.3 is 64.2 Å². The van der Waals surface area contributed by atoms with E-state index in [4.69, 9.17) is 28.4 Å². The molecule has 1 saturated heterocycles. The zero-order valence-electron chi connectivity index (χ0n) is 47.4. The summed E-state index contributed by atoms with van der Waals surface area (Å²) in [7, 11) is 1.88. The number of hydrogen-bond acceptors (Lipinski definition) is 17. The molecule has 1 aliphatic carbocycles. The summed E-state index contributed by atoms with van der Waals surface area (Å²) >= 11 is 5.06. The number of anilines is 3. The van der Waals surface area contributed by atoms with Gasteiger partial charge in [0.05, 0.1) is 66.3 Å². The molecule has 22 heteroatoms. The Labute approximate surface area is 493 Å². The number of nitrogens with one attached hydrogen (secondary N) is 3. The van der Waals surface area contributed by atoms with Gasteiger partial charge in [0.2, 0.25) is 23.7 Å². The third-order valence-electron chi connectivity index (χ3n) is 14.7. The molecule has 0 bridgehead atoms. The molecule has 1 saturated carbocycles. The Morgan fingerprint density at radius 1 is 0.866 bits per heavy atom. The lowest BCUT2D eigenvalue weighted by molar-refractivity contribution is -0.143. The van der Waals surface area contributed by atoms with Crippen LogP contribution in [0.5, 0.6) is 11.5 Å². The molecule has 4 amide bonds. The summed E-state index contributed by atoms with van der Waals surface area (Å²) < 4.78 is 35.9. The first kappa shape index (κ1) is 61.8. The lowest BCUT2D eigenvalue weighted by Crippen LogP contribution is -2.55. The van der Waals surface area contributed by atoms with Crippen LogP contribution in [0.3, 0.4) is 0 Å². The summed E-state index contributed by atoms with van der Waals surface area (Å²) in [6.07, 6.45) is 6.60. The predicted molar refractivity (Wildman–Crippen MR) is 316 cm³/mol. The molecule has 2 fully saturated rings. The van der Waals surface area contributed by atoms with Crippen LogP contribution in [-0.4, -0.2) is 169 Å². The number of carbonyl (C=O) groups is 4. The quantitative estimate of drug-likeness (QED) is 0.0286. The van der Waals surface area contributed by atoms with Crippen LogP contribution in [-0.2, 0) is 46.4 Å². The van der Waals surface area contributed by atoms with E-state index in [0.717, 1.165) is 81.7 Å². The highest BCUT2D eigenvalue weighted by Crippen LogP contribution is 2.34. The number of ether oxygens (including phenoxy) is 6. The summed E-state index contributed by atoms with van der Waals surface area (Å²) in [4.78, 5) is 73.3. The monoisotopic (exact) mass is 1210 g/mol. The van der Waals surface area contributed by atoms with Gasteiger partial charge in [0.15, 0.2) is 0 Å². The Bertz CT molecular complexity index is 2880. The molecular formula is C60H78BrN9O11S. The smallest absolute Gasteiger partial charge is 0.255 e. The number of unbranched alkanes of at least 4 members (excludes halogenated alkanes) is 1. The summed E-state index contributed by atoms with van der Waals surface area (Å²) in [5, 5.41) is 20.3. The number of aryl methyl sites for hydroxylation is 1. The second kappa shape index (κ2) is 31.4. The van der Waals surface area contributed by atoms with Gasteiger partial charge in [-0.2, -0.15) is 4.98 Å². The highest BCUT2D eigenvalue weighted by atomic mass is 79.9. The zero-order chi connectivity index (χ0) is 57.8. The summed E-state index contributed by atoms with van der Waals surface area (Å²) in [5.74, 6) is 1.71. The summed E-state index contributed by atoms with van der Waals surface area (Å²) in [5.41, 5.74) is 6.63. The van der Waals surface area contributed by atoms with Gasteiger partial charge in [0, 0.05) is 88.3 Å². The van der Waals surface area contributed by atoms with E-state index in [0.29, 0.717) is 102 Å². The molecule has 3 aliphatic rings. The average molecular weight is 1210 g/mol. The maximum absolute atomic E-state index is 14.3. The van der Waals surface area contributed by atoms with E-state index >= 15 is 0 Å². The Morgan fingerprint density at radius 3 is 2.23 bits per heavy atom. The van der Waals surface area contributed by atoms with E-state index in [2.05, 4.69) is 46.8 Å². The van der Waals surface area contributed by atoms with Crippen LogP contribution < -0.4 is 25.4 Å². The van der Waals surface area contributed by atoms with Crippen molar-refractivity contribution in [2.24, 2.45) is 11.8 Å². The second-order valence-electron chi connectivity index (χ2n) is 21.0. The highest BCUT2D eigenvalue weighted by Gasteiger charge is 2.46. The van der Waals surface area contributed by atoms with Gasteiger partial charge in [-0.3, -0.25) is 19.2 Å². The van der Waals surface area contributed by atoms with E-state index in [-0.39, 0.29) is 55.7 Å². The normalized spacial score (nSPS) is 16.3. The van der Waals surface area contributed by atoms with Crippen molar-refractivity contribution in [1.29, 1.82) is 0 Å². The van der Waals surface area contributed by atoms with Crippen molar-refractivity contribution in [1.82, 2.24) is 35.0 Å². The first-order chi connectivity index (χ1) is 39.8.